The molecule has 5 nitrogen and oxygen atoms in total. The number of aliphatic imine (C=N–C) groups is 1. The maximum Gasteiger partial charge on any atom is 0.242 e. The second-order valence-corrected chi connectivity index (χ2v) is 9.94. The van der Waals surface area contributed by atoms with Crippen molar-refractivity contribution < 1.29 is 9.53 Å². The third-order valence-electron chi connectivity index (χ3n) is 6.20. The topological polar surface area (TPSA) is 76.7 Å². The van der Waals surface area contributed by atoms with E-state index in [1.807, 2.05) is 6.92 Å². The van der Waals surface area contributed by atoms with Gasteiger partial charge in [-0.1, -0.05) is 38.5 Å². The molecule has 4 unspecified atom stereocenters. The molecule has 0 radical (unpaired) electrons. The van der Waals surface area contributed by atoms with Gasteiger partial charge in [0.2, 0.25) is 5.91 Å². The Bertz CT molecular complexity index is 535. The van der Waals surface area contributed by atoms with Crippen LogP contribution in [0.2, 0.25) is 0 Å². The lowest BCUT2D eigenvalue weighted by Crippen LogP contribution is -2.42. The molecule has 25 heavy (non-hydrogen) atoms. The van der Waals surface area contributed by atoms with Crippen LogP contribution < -0.4 is 11.1 Å². The number of hydrogen-bond donors (Lipinski definition) is 2. The van der Waals surface area contributed by atoms with E-state index < -0.39 is 10.4 Å². The van der Waals surface area contributed by atoms with Crippen molar-refractivity contribution >= 4 is 22.8 Å². The van der Waals surface area contributed by atoms with Gasteiger partial charge in [0.15, 0.2) is 5.17 Å². The van der Waals surface area contributed by atoms with Gasteiger partial charge in [0, 0.05) is 13.2 Å². The van der Waals surface area contributed by atoms with E-state index in [4.69, 9.17) is 15.5 Å². The number of nitrogens with one attached hydrogen (secondary N) is 1. The van der Waals surface area contributed by atoms with E-state index in [0.717, 1.165) is 50.5 Å². The zero-order chi connectivity index (χ0) is 18.1. The van der Waals surface area contributed by atoms with Gasteiger partial charge >= 0.3 is 0 Å². The zero-order valence-electron chi connectivity index (χ0n) is 15.8. The lowest BCUT2D eigenvalue weighted by Gasteiger charge is -2.28. The lowest BCUT2D eigenvalue weighted by molar-refractivity contribution is -0.121. The van der Waals surface area contributed by atoms with Crippen molar-refractivity contribution in [3.05, 3.63) is 0 Å². The number of ether oxygens (including phenoxy) is 1. The number of hydrogen-bond acceptors (Lipinski definition) is 5. The molecule has 1 amide bonds. The van der Waals surface area contributed by atoms with E-state index in [9.17, 15) is 4.79 Å². The van der Waals surface area contributed by atoms with Gasteiger partial charge in [-0.25, -0.2) is 4.99 Å². The molecule has 0 aromatic heterocycles. The largest absolute Gasteiger partial charge is 0.381 e. The molecule has 3 fully saturated rings. The number of carbonyl (C=O) groups is 1. The average Bonchev–Trinajstić information content (AvgIpc) is 2.96. The molecule has 2 heterocycles. The van der Waals surface area contributed by atoms with E-state index in [1.165, 1.54) is 12.8 Å². The summed E-state index contributed by atoms with van der Waals surface area (Å²) in [5.41, 5.74) is 6.12. The van der Waals surface area contributed by atoms with Gasteiger partial charge in [0.25, 0.3) is 0 Å². The SMILES string of the molecule is CCCC1CC(C)C(N)(/N=C2/NC(=O)C(C)(CC3CCOCC3)S2)C1. The van der Waals surface area contributed by atoms with Gasteiger partial charge in [-0.15, -0.1) is 0 Å². The van der Waals surface area contributed by atoms with E-state index in [2.05, 4.69) is 19.2 Å². The quantitative estimate of drug-likeness (QED) is 0.782. The third kappa shape index (κ3) is 4.22. The Labute approximate surface area is 155 Å². The first kappa shape index (κ1) is 19.2. The molecular formula is C19H33N3O2S. The maximum absolute atomic E-state index is 12.6. The first-order chi connectivity index (χ1) is 11.8. The molecule has 3 aliphatic rings. The second-order valence-electron chi connectivity index (χ2n) is 8.45. The smallest absolute Gasteiger partial charge is 0.242 e. The molecule has 3 rings (SSSR count). The summed E-state index contributed by atoms with van der Waals surface area (Å²) in [6.45, 7) is 8.10. The van der Waals surface area contributed by atoms with E-state index in [-0.39, 0.29) is 5.91 Å². The Morgan fingerprint density at radius 1 is 1.36 bits per heavy atom. The average molecular weight is 368 g/mol. The molecule has 0 aromatic rings. The molecule has 1 saturated carbocycles. The van der Waals surface area contributed by atoms with Crippen LogP contribution in [0.4, 0.5) is 0 Å². The molecule has 2 aliphatic heterocycles. The zero-order valence-corrected chi connectivity index (χ0v) is 16.7. The number of amides is 1. The Balaban J connectivity index is 1.67. The number of amidine groups is 1. The van der Waals surface area contributed by atoms with Crippen molar-refractivity contribution in [1.29, 1.82) is 0 Å². The molecule has 4 atom stereocenters. The number of thioether (sulfide) groups is 1. The van der Waals surface area contributed by atoms with Gasteiger partial charge in [0.05, 0.1) is 4.75 Å². The van der Waals surface area contributed by atoms with Crippen molar-refractivity contribution in [3.63, 3.8) is 0 Å². The van der Waals surface area contributed by atoms with Crippen LogP contribution >= 0.6 is 11.8 Å². The summed E-state index contributed by atoms with van der Waals surface area (Å²) in [5.74, 6) is 1.66. The first-order valence-corrected chi connectivity index (χ1v) is 10.6. The Morgan fingerprint density at radius 2 is 2.08 bits per heavy atom. The molecule has 3 N–H and O–H groups in total. The molecule has 6 heteroatoms. The minimum Gasteiger partial charge on any atom is -0.381 e. The maximum atomic E-state index is 12.6. The fourth-order valence-corrected chi connectivity index (χ4v) is 5.87. The van der Waals surface area contributed by atoms with Crippen LogP contribution in [-0.4, -0.2) is 34.7 Å². The van der Waals surface area contributed by atoms with Crippen LogP contribution in [0.5, 0.6) is 0 Å². The van der Waals surface area contributed by atoms with Gasteiger partial charge in [-0.3, -0.25) is 4.79 Å². The third-order valence-corrected chi connectivity index (χ3v) is 7.39. The summed E-state index contributed by atoms with van der Waals surface area (Å²) in [4.78, 5) is 17.5. The minimum atomic E-state index is -0.528. The summed E-state index contributed by atoms with van der Waals surface area (Å²) in [7, 11) is 0. The van der Waals surface area contributed by atoms with E-state index in [1.54, 1.807) is 11.8 Å². The fraction of sp³-hybridized carbons (Fsp3) is 0.895. The second kappa shape index (κ2) is 7.57. The molecule has 0 spiro atoms. The van der Waals surface area contributed by atoms with Crippen molar-refractivity contribution in [2.45, 2.75) is 76.1 Å². The molecular weight excluding hydrogens is 334 g/mol. The standard InChI is InChI=1S/C19H33N3O2S/c1-4-5-15-10-13(2)19(20,12-15)22-17-21-16(23)18(3,25-17)11-14-6-8-24-9-7-14/h13-15H,4-12,20H2,1-3H3,(H,21,22,23). The highest BCUT2D eigenvalue weighted by molar-refractivity contribution is 8.16. The molecule has 142 valence electrons. The minimum absolute atomic E-state index is 0.0853. The van der Waals surface area contributed by atoms with Gasteiger partial charge in [0.1, 0.15) is 5.66 Å². The summed E-state index contributed by atoms with van der Waals surface area (Å²) in [5, 5.41) is 3.74. The highest BCUT2D eigenvalue weighted by Crippen LogP contribution is 2.44. The fourth-order valence-electron chi connectivity index (χ4n) is 4.63. The summed E-state index contributed by atoms with van der Waals surface area (Å²) >= 11 is 1.59. The van der Waals surface area contributed by atoms with E-state index >= 15 is 0 Å². The van der Waals surface area contributed by atoms with Crippen LogP contribution in [0, 0.1) is 17.8 Å². The van der Waals surface area contributed by atoms with Crippen molar-refractivity contribution in [1.82, 2.24) is 5.32 Å². The van der Waals surface area contributed by atoms with Crippen LogP contribution in [0.3, 0.4) is 0 Å². The van der Waals surface area contributed by atoms with E-state index in [0.29, 0.717) is 17.8 Å². The summed E-state index contributed by atoms with van der Waals surface area (Å²) in [6.07, 6.45) is 7.46. The molecule has 0 aromatic carbocycles. The van der Waals surface area contributed by atoms with Crippen molar-refractivity contribution in [2.75, 3.05) is 13.2 Å². The highest BCUT2D eigenvalue weighted by Gasteiger charge is 2.47. The normalized spacial score (nSPS) is 41.4. The van der Waals surface area contributed by atoms with Crippen molar-refractivity contribution in [2.24, 2.45) is 28.5 Å². The number of nitrogens with zero attached hydrogens (tertiary/aromatic N) is 1. The number of rotatable bonds is 5. The van der Waals surface area contributed by atoms with Gasteiger partial charge in [-0.2, -0.15) is 0 Å². The van der Waals surface area contributed by atoms with Crippen molar-refractivity contribution in [3.8, 4) is 0 Å². The van der Waals surface area contributed by atoms with Gasteiger partial charge < -0.3 is 15.8 Å². The van der Waals surface area contributed by atoms with Gasteiger partial charge in [-0.05, 0) is 56.8 Å². The molecule has 2 saturated heterocycles. The lowest BCUT2D eigenvalue weighted by atomic mass is 9.89. The highest BCUT2D eigenvalue weighted by atomic mass is 32.2. The molecule has 0 bridgehead atoms. The number of carbonyl (C=O) groups excluding carboxylic acids is 1. The van der Waals surface area contributed by atoms with Crippen LogP contribution in [0.25, 0.3) is 0 Å². The summed E-state index contributed by atoms with van der Waals surface area (Å²) < 4.78 is 5.01. The Hall–Kier alpha value is -0.590. The Kier molecular flexibility index (Phi) is 5.81. The Morgan fingerprint density at radius 3 is 2.76 bits per heavy atom. The van der Waals surface area contributed by atoms with Crippen LogP contribution in [0.15, 0.2) is 4.99 Å². The molecule has 1 aliphatic carbocycles. The summed E-state index contributed by atoms with van der Waals surface area (Å²) in [6, 6.07) is 0. The predicted octanol–water partition coefficient (Wildman–Crippen LogP) is 3.28. The number of nitrogens with two attached hydrogens (primary N) is 1. The first-order valence-electron chi connectivity index (χ1n) is 9.81. The monoisotopic (exact) mass is 367 g/mol. The predicted molar refractivity (Wildman–Crippen MR) is 103 cm³/mol. The van der Waals surface area contributed by atoms with Crippen LogP contribution in [-0.2, 0) is 9.53 Å². The van der Waals surface area contributed by atoms with Crippen LogP contribution in [0.1, 0.15) is 65.7 Å².